The first-order valence-corrected chi connectivity index (χ1v) is 16.1. The summed E-state index contributed by atoms with van der Waals surface area (Å²) >= 11 is 6.66. The molecule has 0 N–H and O–H groups in total. The Morgan fingerprint density at radius 3 is 2.73 bits per heavy atom. The average Bonchev–Trinajstić information content (AvgIpc) is 3.37. The van der Waals surface area contributed by atoms with Crippen molar-refractivity contribution >= 4 is 43.7 Å². The molecule has 1 fully saturated rings. The van der Waals surface area contributed by atoms with E-state index < -0.39 is 9.84 Å². The zero-order chi connectivity index (χ0) is 28.3. The zero-order valence-electron chi connectivity index (χ0n) is 23.4. The first-order valence-electron chi connectivity index (χ1n) is 14.0. The molecule has 214 valence electrons. The normalized spacial score (nSPS) is 17.7. The molecule has 5 rings (SSSR count). The summed E-state index contributed by atoms with van der Waals surface area (Å²) in [5, 5.41) is 3.95. The SMILES string of the molecule is C=CS(=O)(=O)CCCCN(C)c1nc(OC[C@@H]2CCCN2C)nc2c1CCN(c1cccc3cccc(Cl)c13)C2. The summed E-state index contributed by atoms with van der Waals surface area (Å²) in [6.45, 7) is 7.17. The number of aromatic nitrogens is 2. The maximum Gasteiger partial charge on any atom is 0.318 e. The molecular weight excluding hydrogens is 546 g/mol. The molecule has 3 heterocycles. The molecule has 2 aliphatic heterocycles. The number of likely N-dealkylation sites (N-methyl/N-ethyl adjacent to an activating group) is 1. The van der Waals surface area contributed by atoms with Crippen LogP contribution in [0.4, 0.5) is 11.5 Å². The Hall–Kier alpha value is -2.88. The zero-order valence-corrected chi connectivity index (χ0v) is 24.9. The summed E-state index contributed by atoms with van der Waals surface area (Å²) in [6, 6.07) is 13.0. The predicted octanol–water partition coefficient (Wildman–Crippen LogP) is 5.09. The highest BCUT2D eigenvalue weighted by Gasteiger charge is 2.27. The van der Waals surface area contributed by atoms with Crippen LogP contribution in [0.5, 0.6) is 6.01 Å². The first kappa shape index (κ1) is 28.6. The van der Waals surface area contributed by atoms with E-state index in [0.29, 0.717) is 38.2 Å². The molecule has 2 aliphatic rings. The predicted molar refractivity (Wildman–Crippen MR) is 163 cm³/mol. The Balaban J connectivity index is 1.40. The number of halogens is 1. The smallest absolute Gasteiger partial charge is 0.318 e. The van der Waals surface area contributed by atoms with E-state index in [0.717, 1.165) is 76.3 Å². The third kappa shape index (κ3) is 6.37. The number of sulfone groups is 1. The number of hydrogen-bond donors (Lipinski definition) is 0. The molecule has 1 atom stereocenters. The fourth-order valence-electron chi connectivity index (χ4n) is 5.72. The van der Waals surface area contributed by atoms with Crippen LogP contribution < -0.4 is 14.5 Å². The van der Waals surface area contributed by atoms with Gasteiger partial charge in [-0.25, -0.2) is 8.42 Å². The van der Waals surface area contributed by atoms with Crippen LogP contribution in [-0.4, -0.2) is 75.4 Å². The minimum absolute atomic E-state index is 0.109. The maximum atomic E-state index is 11.8. The number of rotatable bonds is 11. The van der Waals surface area contributed by atoms with E-state index in [9.17, 15) is 8.42 Å². The molecule has 0 unspecified atom stereocenters. The van der Waals surface area contributed by atoms with Gasteiger partial charge in [-0.05, 0) is 63.2 Å². The number of nitrogens with zero attached hydrogens (tertiary/aromatic N) is 5. The van der Waals surface area contributed by atoms with Crippen LogP contribution in [0.25, 0.3) is 10.8 Å². The molecular formula is C30H38ClN5O3S. The Labute approximate surface area is 242 Å². The topological polar surface area (TPSA) is 78.9 Å². The van der Waals surface area contributed by atoms with Gasteiger partial charge in [-0.1, -0.05) is 42.4 Å². The minimum Gasteiger partial charge on any atom is -0.462 e. The number of unbranched alkanes of at least 4 members (excludes halogenated alkanes) is 1. The van der Waals surface area contributed by atoms with Crippen molar-refractivity contribution in [3.8, 4) is 6.01 Å². The van der Waals surface area contributed by atoms with Gasteiger partial charge in [0.25, 0.3) is 0 Å². The number of anilines is 2. The van der Waals surface area contributed by atoms with Gasteiger partial charge in [0.2, 0.25) is 0 Å². The van der Waals surface area contributed by atoms with Crippen molar-refractivity contribution in [3.63, 3.8) is 0 Å². The molecule has 1 aromatic heterocycles. The van der Waals surface area contributed by atoms with Gasteiger partial charge in [-0.15, -0.1) is 0 Å². The standard InChI is InChI=1S/C30H38ClN5O3S/c1-4-40(37,38)19-6-5-16-35(3)29-24-15-18-36(27-14-8-11-22-10-7-13-25(31)28(22)27)20-26(24)32-30(33-29)39-21-23-12-9-17-34(23)2/h4,7-8,10-11,13-14,23H,1,5-6,9,12,15-21H2,2-3H3/t23-/m0/s1. The lowest BCUT2D eigenvalue weighted by Gasteiger charge is -2.33. The summed E-state index contributed by atoms with van der Waals surface area (Å²) in [5.41, 5.74) is 3.17. The van der Waals surface area contributed by atoms with Crippen molar-refractivity contribution in [2.45, 2.75) is 44.7 Å². The van der Waals surface area contributed by atoms with Crippen LogP contribution in [0.3, 0.4) is 0 Å². The third-order valence-corrected chi connectivity index (χ3v) is 9.74. The largest absolute Gasteiger partial charge is 0.462 e. The lowest BCUT2D eigenvalue weighted by Crippen LogP contribution is -2.34. The van der Waals surface area contributed by atoms with Crippen LogP contribution in [0, 0.1) is 0 Å². The van der Waals surface area contributed by atoms with Crippen molar-refractivity contribution in [3.05, 3.63) is 64.7 Å². The minimum atomic E-state index is -3.19. The molecule has 0 spiro atoms. The highest BCUT2D eigenvalue weighted by Crippen LogP contribution is 2.36. The number of hydrogen-bond acceptors (Lipinski definition) is 8. The fourth-order valence-corrected chi connectivity index (χ4v) is 6.77. The van der Waals surface area contributed by atoms with Gasteiger partial charge < -0.3 is 19.4 Å². The van der Waals surface area contributed by atoms with Crippen LogP contribution in [0.1, 0.15) is 36.9 Å². The molecule has 40 heavy (non-hydrogen) atoms. The number of benzene rings is 2. The van der Waals surface area contributed by atoms with Gasteiger partial charge in [0.15, 0.2) is 9.84 Å². The van der Waals surface area contributed by atoms with Crippen molar-refractivity contribution < 1.29 is 13.2 Å². The average molecular weight is 584 g/mol. The van der Waals surface area contributed by atoms with E-state index in [2.05, 4.69) is 52.6 Å². The first-order chi connectivity index (χ1) is 19.3. The third-order valence-electron chi connectivity index (χ3n) is 8.06. The Morgan fingerprint density at radius 1 is 1.18 bits per heavy atom. The van der Waals surface area contributed by atoms with E-state index in [-0.39, 0.29) is 5.75 Å². The van der Waals surface area contributed by atoms with Gasteiger partial charge in [0.1, 0.15) is 12.4 Å². The molecule has 3 aromatic rings. The molecule has 1 saturated heterocycles. The van der Waals surface area contributed by atoms with Crippen molar-refractivity contribution in [1.29, 1.82) is 0 Å². The summed E-state index contributed by atoms with van der Waals surface area (Å²) in [6.07, 6.45) is 4.36. The maximum absolute atomic E-state index is 11.8. The lowest BCUT2D eigenvalue weighted by molar-refractivity contribution is 0.187. The molecule has 0 bridgehead atoms. The van der Waals surface area contributed by atoms with Crippen molar-refractivity contribution in [2.24, 2.45) is 0 Å². The second kappa shape index (κ2) is 12.3. The van der Waals surface area contributed by atoms with Crippen molar-refractivity contribution in [2.75, 3.05) is 55.9 Å². The fraction of sp³-hybridized carbons (Fsp3) is 0.467. The Bertz CT molecular complexity index is 1480. The molecule has 2 aromatic carbocycles. The number of ether oxygens (including phenoxy) is 1. The second-order valence-electron chi connectivity index (χ2n) is 10.8. The van der Waals surface area contributed by atoms with Crippen LogP contribution in [-0.2, 0) is 22.8 Å². The molecule has 0 amide bonds. The number of fused-ring (bicyclic) bond motifs is 2. The summed E-state index contributed by atoms with van der Waals surface area (Å²) < 4.78 is 29.9. The highest BCUT2D eigenvalue weighted by atomic mass is 35.5. The lowest BCUT2D eigenvalue weighted by atomic mass is 10.0. The molecule has 0 aliphatic carbocycles. The van der Waals surface area contributed by atoms with E-state index in [1.54, 1.807) is 0 Å². The molecule has 10 heteroatoms. The Morgan fingerprint density at radius 2 is 1.98 bits per heavy atom. The monoisotopic (exact) mass is 583 g/mol. The molecule has 8 nitrogen and oxygen atoms in total. The summed E-state index contributed by atoms with van der Waals surface area (Å²) in [4.78, 5) is 16.6. The van der Waals surface area contributed by atoms with Gasteiger partial charge in [-0.2, -0.15) is 9.97 Å². The Kier molecular flexibility index (Phi) is 8.83. The summed E-state index contributed by atoms with van der Waals surface area (Å²) in [5.74, 6) is 0.972. The van der Waals surface area contributed by atoms with Gasteiger partial charge in [0.05, 0.1) is 23.0 Å². The van der Waals surface area contributed by atoms with E-state index in [1.165, 1.54) is 6.42 Å². The van der Waals surface area contributed by atoms with E-state index in [4.69, 9.17) is 26.3 Å². The molecule has 0 radical (unpaired) electrons. The highest BCUT2D eigenvalue weighted by molar-refractivity contribution is 7.94. The van der Waals surface area contributed by atoms with E-state index in [1.807, 2.05) is 19.2 Å². The number of likely N-dealkylation sites (tertiary alicyclic amines) is 1. The molecule has 0 saturated carbocycles. The van der Waals surface area contributed by atoms with Gasteiger partial charge in [0, 0.05) is 48.2 Å². The van der Waals surface area contributed by atoms with Gasteiger partial charge >= 0.3 is 6.01 Å². The summed E-state index contributed by atoms with van der Waals surface area (Å²) in [7, 11) is 0.949. The van der Waals surface area contributed by atoms with Crippen LogP contribution >= 0.6 is 11.6 Å². The van der Waals surface area contributed by atoms with Crippen LogP contribution in [0.15, 0.2) is 48.4 Å². The van der Waals surface area contributed by atoms with Gasteiger partial charge in [-0.3, -0.25) is 0 Å². The van der Waals surface area contributed by atoms with E-state index >= 15 is 0 Å². The second-order valence-corrected chi connectivity index (χ2v) is 13.3. The van der Waals surface area contributed by atoms with Crippen LogP contribution in [0.2, 0.25) is 5.02 Å². The quantitative estimate of drug-likeness (QED) is 0.289. The van der Waals surface area contributed by atoms with Crippen molar-refractivity contribution in [1.82, 2.24) is 14.9 Å².